The zero-order chi connectivity index (χ0) is 13.7. The Bertz CT molecular complexity index is 410. The van der Waals surface area contributed by atoms with E-state index in [0.29, 0.717) is 19.0 Å². The van der Waals surface area contributed by atoms with Crippen LogP contribution in [0.1, 0.15) is 25.3 Å². The molecule has 0 aliphatic heterocycles. The summed E-state index contributed by atoms with van der Waals surface area (Å²) in [6.45, 7) is 4.89. The van der Waals surface area contributed by atoms with Gasteiger partial charge in [-0.3, -0.25) is 0 Å². The van der Waals surface area contributed by atoms with E-state index >= 15 is 0 Å². The smallest absolute Gasteiger partial charge is 0.218 e. The second kappa shape index (κ2) is 6.82. The molecule has 0 spiro atoms. The third kappa shape index (κ3) is 4.44. The molecule has 1 aromatic rings. The number of nitrogens with zero attached hydrogens (tertiary/aromatic N) is 2. The molecule has 19 heavy (non-hydrogen) atoms. The predicted octanol–water partition coefficient (Wildman–Crippen LogP) is 1.80. The molecule has 0 radical (unpaired) electrons. The van der Waals surface area contributed by atoms with Crippen LogP contribution < -0.4 is 10.1 Å². The van der Waals surface area contributed by atoms with E-state index in [0.717, 1.165) is 24.7 Å². The van der Waals surface area contributed by atoms with Gasteiger partial charge in [-0.05, 0) is 32.5 Å². The maximum Gasteiger partial charge on any atom is 0.218 e. The van der Waals surface area contributed by atoms with E-state index in [1.54, 1.807) is 0 Å². The fraction of sp³-hybridized carbons (Fsp3) is 0.643. The number of ether oxygens (including phenoxy) is 1. The first-order chi connectivity index (χ1) is 9.20. The third-order valence-electron chi connectivity index (χ3n) is 3.31. The lowest BCUT2D eigenvalue weighted by molar-refractivity contribution is 0.224. The van der Waals surface area contributed by atoms with Crippen LogP contribution in [0.25, 0.3) is 0 Å². The highest BCUT2D eigenvalue weighted by atomic mass is 19.1. The van der Waals surface area contributed by atoms with Crippen LogP contribution in [0.2, 0.25) is 0 Å². The Morgan fingerprint density at radius 2 is 2.32 bits per heavy atom. The van der Waals surface area contributed by atoms with Crippen molar-refractivity contribution in [3.63, 3.8) is 0 Å². The second-order valence-electron chi connectivity index (χ2n) is 4.96. The van der Waals surface area contributed by atoms with Crippen molar-refractivity contribution in [2.75, 3.05) is 26.7 Å². The molecule has 0 aromatic carbocycles. The molecule has 1 aromatic heterocycles. The number of aromatic nitrogens is 1. The van der Waals surface area contributed by atoms with Gasteiger partial charge in [-0.15, -0.1) is 0 Å². The molecule has 0 unspecified atom stereocenters. The zero-order valence-corrected chi connectivity index (χ0v) is 11.7. The van der Waals surface area contributed by atoms with Gasteiger partial charge in [-0.2, -0.15) is 0 Å². The number of halogens is 1. The molecule has 0 saturated heterocycles. The monoisotopic (exact) mass is 267 g/mol. The van der Waals surface area contributed by atoms with Gasteiger partial charge in [0, 0.05) is 24.7 Å². The third-order valence-corrected chi connectivity index (χ3v) is 3.31. The molecule has 4 nitrogen and oxygen atoms in total. The lowest BCUT2D eigenvalue weighted by atomic mass is 10.2. The summed E-state index contributed by atoms with van der Waals surface area (Å²) in [5, 5.41) is 3.16. The van der Waals surface area contributed by atoms with Crippen molar-refractivity contribution in [2.45, 2.75) is 32.4 Å². The van der Waals surface area contributed by atoms with Crippen molar-refractivity contribution in [1.29, 1.82) is 0 Å². The normalized spacial score (nSPS) is 14.9. The van der Waals surface area contributed by atoms with Gasteiger partial charge >= 0.3 is 0 Å². The minimum absolute atomic E-state index is 0.324. The van der Waals surface area contributed by atoms with Crippen molar-refractivity contribution in [1.82, 2.24) is 15.2 Å². The average Bonchev–Trinajstić information content (AvgIpc) is 3.22. The molecule has 106 valence electrons. The molecule has 0 bridgehead atoms. The summed E-state index contributed by atoms with van der Waals surface area (Å²) < 4.78 is 18.9. The summed E-state index contributed by atoms with van der Waals surface area (Å²) >= 11 is 0. The van der Waals surface area contributed by atoms with Crippen molar-refractivity contribution in [3.05, 3.63) is 23.6 Å². The topological polar surface area (TPSA) is 37.4 Å². The SMILES string of the molecule is CCNCc1cc(F)cnc1OCCN(C)C1CC1. The van der Waals surface area contributed by atoms with Crippen LogP contribution in [0.4, 0.5) is 4.39 Å². The molecule has 0 amide bonds. The highest BCUT2D eigenvalue weighted by molar-refractivity contribution is 5.26. The van der Waals surface area contributed by atoms with Crippen LogP contribution in [-0.2, 0) is 6.54 Å². The minimum atomic E-state index is -0.324. The summed E-state index contributed by atoms with van der Waals surface area (Å²) in [6.07, 6.45) is 3.78. The highest BCUT2D eigenvalue weighted by Gasteiger charge is 2.25. The van der Waals surface area contributed by atoms with Crippen LogP contribution in [0.3, 0.4) is 0 Å². The number of hydrogen-bond donors (Lipinski definition) is 1. The van der Waals surface area contributed by atoms with Crippen LogP contribution in [-0.4, -0.2) is 42.7 Å². The summed E-state index contributed by atoms with van der Waals surface area (Å²) in [4.78, 5) is 6.33. The minimum Gasteiger partial charge on any atom is -0.476 e. The van der Waals surface area contributed by atoms with Gasteiger partial charge in [0.1, 0.15) is 12.4 Å². The van der Waals surface area contributed by atoms with Crippen molar-refractivity contribution in [2.24, 2.45) is 0 Å². The molecule has 1 aliphatic rings. The van der Waals surface area contributed by atoms with Gasteiger partial charge in [0.05, 0.1) is 6.20 Å². The van der Waals surface area contributed by atoms with Crippen LogP contribution >= 0.6 is 0 Å². The molecule has 1 saturated carbocycles. The second-order valence-corrected chi connectivity index (χ2v) is 4.96. The largest absolute Gasteiger partial charge is 0.476 e. The van der Waals surface area contributed by atoms with E-state index in [4.69, 9.17) is 4.74 Å². The summed E-state index contributed by atoms with van der Waals surface area (Å²) in [5.74, 6) is 0.210. The lowest BCUT2D eigenvalue weighted by Gasteiger charge is -2.16. The Balaban J connectivity index is 1.86. The molecule has 2 rings (SSSR count). The van der Waals surface area contributed by atoms with Gasteiger partial charge < -0.3 is 15.0 Å². The fourth-order valence-electron chi connectivity index (χ4n) is 1.97. The predicted molar refractivity (Wildman–Crippen MR) is 72.7 cm³/mol. The standard InChI is InChI=1S/C14H22FN3O/c1-3-16-9-11-8-12(15)10-17-14(11)19-7-6-18(2)13-4-5-13/h8,10,13,16H,3-7,9H2,1-2H3. The Labute approximate surface area is 114 Å². The summed E-state index contributed by atoms with van der Waals surface area (Å²) in [7, 11) is 2.11. The van der Waals surface area contributed by atoms with Crippen molar-refractivity contribution < 1.29 is 9.13 Å². The number of pyridine rings is 1. The molecule has 1 aliphatic carbocycles. The molecular weight excluding hydrogens is 245 g/mol. The van der Waals surface area contributed by atoms with Crippen LogP contribution in [0.5, 0.6) is 5.88 Å². The number of hydrogen-bond acceptors (Lipinski definition) is 4. The van der Waals surface area contributed by atoms with Gasteiger partial charge in [0.15, 0.2) is 0 Å². The average molecular weight is 267 g/mol. The van der Waals surface area contributed by atoms with E-state index in [1.165, 1.54) is 25.1 Å². The molecule has 1 N–H and O–H groups in total. The Morgan fingerprint density at radius 1 is 1.53 bits per heavy atom. The van der Waals surface area contributed by atoms with Gasteiger partial charge in [-0.1, -0.05) is 6.92 Å². The van der Waals surface area contributed by atoms with Crippen molar-refractivity contribution in [3.8, 4) is 5.88 Å². The molecule has 5 heteroatoms. The zero-order valence-electron chi connectivity index (χ0n) is 11.7. The number of nitrogens with one attached hydrogen (secondary N) is 1. The Kier molecular flexibility index (Phi) is 5.10. The first-order valence-electron chi connectivity index (χ1n) is 6.89. The van der Waals surface area contributed by atoms with Gasteiger partial charge in [0.2, 0.25) is 5.88 Å². The van der Waals surface area contributed by atoms with E-state index in [1.807, 2.05) is 6.92 Å². The van der Waals surface area contributed by atoms with Gasteiger partial charge in [-0.25, -0.2) is 9.37 Å². The molecular formula is C14H22FN3O. The Hall–Kier alpha value is -1.20. The highest BCUT2D eigenvalue weighted by Crippen LogP contribution is 2.25. The molecule has 1 heterocycles. The number of likely N-dealkylation sites (N-methyl/N-ethyl adjacent to an activating group) is 1. The van der Waals surface area contributed by atoms with E-state index in [9.17, 15) is 4.39 Å². The van der Waals surface area contributed by atoms with Crippen molar-refractivity contribution >= 4 is 0 Å². The maximum atomic E-state index is 13.2. The van der Waals surface area contributed by atoms with Crippen LogP contribution in [0, 0.1) is 5.82 Å². The summed E-state index contributed by atoms with van der Waals surface area (Å²) in [6, 6.07) is 2.21. The first kappa shape index (κ1) is 14.2. The van der Waals surface area contributed by atoms with E-state index < -0.39 is 0 Å². The number of rotatable bonds is 8. The lowest BCUT2D eigenvalue weighted by Crippen LogP contribution is -2.26. The molecule has 0 atom stereocenters. The Morgan fingerprint density at radius 3 is 3.00 bits per heavy atom. The maximum absolute atomic E-state index is 13.2. The van der Waals surface area contributed by atoms with Gasteiger partial charge in [0.25, 0.3) is 0 Å². The fourth-order valence-corrected chi connectivity index (χ4v) is 1.97. The quantitative estimate of drug-likeness (QED) is 0.779. The van der Waals surface area contributed by atoms with E-state index in [-0.39, 0.29) is 5.82 Å². The first-order valence-corrected chi connectivity index (χ1v) is 6.89. The van der Waals surface area contributed by atoms with Crippen LogP contribution in [0.15, 0.2) is 12.3 Å². The molecule has 1 fully saturated rings. The van der Waals surface area contributed by atoms with E-state index in [2.05, 4.69) is 22.2 Å². The summed E-state index contributed by atoms with van der Waals surface area (Å²) in [5.41, 5.74) is 0.774.